The van der Waals surface area contributed by atoms with Gasteiger partial charge in [-0.05, 0) is 61.6 Å². The maximum Gasteiger partial charge on any atom is 0.114 e. The number of ether oxygens (including phenoxy) is 1. The first-order chi connectivity index (χ1) is 15.3. The lowest BCUT2D eigenvalue weighted by Gasteiger charge is -2.37. The van der Waals surface area contributed by atoms with E-state index in [1.54, 1.807) is 12.5 Å². The molecule has 4 atom stereocenters. The quantitative estimate of drug-likeness (QED) is 0.580. The Bertz CT molecular complexity index is 985. The zero-order valence-electron chi connectivity index (χ0n) is 17.7. The molecule has 2 saturated carbocycles. The second-order valence-corrected chi connectivity index (χ2v) is 9.53. The van der Waals surface area contributed by atoms with Crippen LogP contribution in [0, 0.1) is 17.8 Å². The summed E-state index contributed by atoms with van der Waals surface area (Å²) in [5.74, 6) is 2.12. The largest absolute Gasteiger partial charge is 0.472 e. The summed E-state index contributed by atoms with van der Waals surface area (Å²) in [7, 11) is 0. The van der Waals surface area contributed by atoms with Crippen LogP contribution in [0.3, 0.4) is 0 Å². The van der Waals surface area contributed by atoms with Crippen molar-refractivity contribution in [1.29, 1.82) is 0 Å². The number of hydrogen-bond acceptors (Lipinski definition) is 6. The molecule has 31 heavy (non-hydrogen) atoms. The van der Waals surface area contributed by atoms with E-state index in [1.165, 1.54) is 18.4 Å². The van der Waals surface area contributed by atoms with Crippen LogP contribution in [0.5, 0.6) is 0 Å². The van der Waals surface area contributed by atoms with E-state index in [4.69, 9.17) is 9.15 Å². The average Bonchev–Trinajstić information content (AvgIpc) is 3.18. The van der Waals surface area contributed by atoms with Gasteiger partial charge in [0.2, 0.25) is 0 Å². The Morgan fingerprint density at radius 2 is 2.03 bits per heavy atom. The van der Waals surface area contributed by atoms with E-state index in [0.29, 0.717) is 11.8 Å². The van der Waals surface area contributed by atoms with Gasteiger partial charge in [0.1, 0.15) is 5.69 Å². The Hall–Kier alpha value is -2.51. The molecule has 0 spiro atoms. The smallest absolute Gasteiger partial charge is 0.114 e. The summed E-state index contributed by atoms with van der Waals surface area (Å²) in [4.78, 5) is 6.79. The van der Waals surface area contributed by atoms with Gasteiger partial charge in [-0.2, -0.15) is 0 Å². The molecule has 0 amide bonds. The lowest BCUT2D eigenvalue weighted by Crippen LogP contribution is -2.38. The highest BCUT2D eigenvalue weighted by atomic mass is 16.5. The minimum Gasteiger partial charge on any atom is -0.472 e. The van der Waals surface area contributed by atoms with Crippen molar-refractivity contribution in [2.45, 2.75) is 44.4 Å². The van der Waals surface area contributed by atoms with Gasteiger partial charge in [-0.3, -0.25) is 9.88 Å². The van der Waals surface area contributed by atoms with Gasteiger partial charge in [-0.15, -0.1) is 5.10 Å². The number of furan rings is 1. The fourth-order valence-corrected chi connectivity index (χ4v) is 5.34. The third kappa shape index (κ3) is 4.16. The van der Waals surface area contributed by atoms with Crippen LogP contribution in [0.25, 0.3) is 11.3 Å². The van der Waals surface area contributed by atoms with Gasteiger partial charge >= 0.3 is 0 Å². The highest BCUT2D eigenvalue weighted by Crippen LogP contribution is 2.43. The van der Waals surface area contributed by atoms with E-state index in [1.807, 2.05) is 24.6 Å². The van der Waals surface area contributed by atoms with Crippen molar-refractivity contribution in [3.63, 3.8) is 0 Å². The van der Waals surface area contributed by atoms with Crippen LogP contribution in [0.2, 0.25) is 0 Å². The first kappa shape index (κ1) is 19.2. The van der Waals surface area contributed by atoms with Gasteiger partial charge in [0.15, 0.2) is 0 Å². The average molecular weight is 420 g/mol. The van der Waals surface area contributed by atoms with Crippen molar-refractivity contribution in [3.8, 4) is 11.3 Å². The van der Waals surface area contributed by atoms with Gasteiger partial charge in [0.05, 0.1) is 30.9 Å². The van der Waals surface area contributed by atoms with E-state index in [9.17, 15) is 0 Å². The molecule has 0 radical (unpaired) electrons. The number of hydrogen-bond donors (Lipinski definition) is 0. The molecule has 6 rings (SSSR count). The molecule has 4 heterocycles. The van der Waals surface area contributed by atoms with Crippen molar-refractivity contribution in [1.82, 2.24) is 24.9 Å². The third-order valence-electron chi connectivity index (χ3n) is 7.20. The predicted octanol–water partition coefficient (Wildman–Crippen LogP) is 3.81. The SMILES string of the molecule is c1cncc(-c2cn([C@@H]3C[C@@H]4CN(Cc5ccoc5)C[C@@H]4C[C@H]3OCC3CC3)nn2)c1. The fraction of sp³-hybridized carbons (Fsp3) is 0.542. The molecule has 0 aromatic carbocycles. The summed E-state index contributed by atoms with van der Waals surface area (Å²) >= 11 is 0. The van der Waals surface area contributed by atoms with Crippen molar-refractivity contribution in [2.24, 2.45) is 17.8 Å². The number of pyridine rings is 1. The molecule has 3 fully saturated rings. The Balaban J connectivity index is 1.20. The standard InChI is InChI=1S/C24H29N5O2/c1-2-19(10-25-6-1)22-14-29(27-26-22)23-8-20-12-28(11-18-5-7-30-15-18)13-21(20)9-24(23)31-16-17-3-4-17/h1-2,5-7,10,14-15,17,20-21,23-24H,3-4,8-9,11-13,16H2/t20-,21+,23-,24-/m1/s1. The van der Waals surface area contributed by atoms with Gasteiger partial charge < -0.3 is 9.15 Å². The van der Waals surface area contributed by atoms with Gasteiger partial charge in [-0.25, -0.2) is 4.68 Å². The second kappa shape index (κ2) is 8.20. The first-order valence-electron chi connectivity index (χ1n) is 11.5. The van der Waals surface area contributed by atoms with Gasteiger partial charge in [0.25, 0.3) is 0 Å². The van der Waals surface area contributed by atoms with E-state index in [-0.39, 0.29) is 12.1 Å². The number of rotatable bonds is 7. The molecule has 3 aliphatic rings. The van der Waals surface area contributed by atoms with Gasteiger partial charge in [0, 0.05) is 49.8 Å². The molecule has 0 bridgehead atoms. The second-order valence-electron chi connectivity index (χ2n) is 9.53. The van der Waals surface area contributed by atoms with Crippen molar-refractivity contribution in [3.05, 3.63) is 54.9 Å². The highest BCUT2D eigenvalue weighted by molar-refractivity contribution is 5.55. The monoisotopic (exact) mass is 419 g/mol. The highest BCUT2D eigenvalue weighted by Gasteiger charge is 2.44. The molecule has 7 heteroatoms. The number of likely N-dealkylation sites (tertiary alicyclic amines) is 1. The Morgan fingerprint density at radius 1 is 1.13 bits per heavy atom. The normalized spacial score (nSPS) is 28.6. The maximum absolute atomic E-state index is 6.50. The molecule has 2 aliphatic carbocycles. The topological polar surface area (TPSA) is 69.2 Å². The zero-order chi connectivity index (χ0) is 20.6. The summed E-state index contributed by atoms with van der Waals surface area (Å²) in [6.07, 6.45) is 14.4. The summed E-state index contributed by atoms with van der Waals surface area (Å²) < 4.78 is 13.8. The van der Waals surface area contributed by atoms with Crippen LogP contribution in [-0.2, 0) is 11.3 Å². The molecule has 0 unspecified atom stereocenters. The number of nitrogens with zero attached hydrogens (tertiary/aromatic N) is 5. The van der Waals surface area contributed by atoms with Crippen LogP contribution in [0.1, 0.15) is 37.3 Å². The van der Waals surface area contributed by atoms with Crippen LogP contribution < -0.4 is 0 Å². The fourth-order valence-electron chi connectivity index (χ4n) is 5.34. The lowest BCUT2D eigenvalue weighted by molar-refractivity contribution is -0.0375. The molecule has 7 nitrogen and oxygen atoms in total. The van der Waals surface area contributed by atoms with Crippen molar-refractivity contribution in [2.75, 3.05) is 19.7 Å². The molecule has 3 aromatic heterocycles. The first-order valence-corrected chi connectivity index (χ1v) is 11.5. The molecule has 3 aromatic rings. The Labute approximate surface area is 182 Å². The summed E-state index contributed by atoms with van der Waals surface area (Å²) in [6, 6.07) is 6.28. The third-order valence-corrected chi connectivity index (χ3v) is 7.20. The number of fused-ring (bicyclic) bond motifs is 1. The molecule has 162 valence electrons. The minimum absolute atomic E-state index is 0.208. The van der Waals surface area contributed by atoms with E-state index >= 15 is 0 Å². The van der Waals surface area contributed by atoms with E-state index in [0.717, 1.165) is 56.3 Å². The number of aromatic nitrogens is 4. The van der Waals surface area contributed by atoms with E-state index < -0.39 is 0 Å². The van der Waals surface area contributed by atoms with Crippen LogP contribution in [-0.4, -0.2) is 50.7 Å². The molecular weight excluding hydrogens is 390 g/mol. The molecule has 0 N–H and O–H groups in total. The van der Waals surface area contributed by atoms with Gasteiger partial charge in [-0.1, -0.05) is 5.21 Å². The summed E-state index contributed by atoms with van der Waals surface area (Å²) in [5.41, 5.74) is 3.14. The Kier molecular flexibility index (Phi) is 5.08. The minimum atomic E-state index is 0.208. The predicted molar refractivity (Wildman–Crippen MR) is 115 cm³/mol. The van der Waals surface area contributed by atoms with Crippen LogP contribution in [0.15, 0.2) is 53.7 Å². The van der Waals surface area contributed by atoms with Crippen LogP contribution in [0.4, 0.5) is 0 Å². The van der Waals surface area contributed by atoms with Crippen molar-refractivity contribution < 1.29 is 9.15 Å². The zero-order valence-corrected chi connectivity index (χ0v) is 17.7. The van der Waals surface area contributed by atoms with Crippen LogP contribution >= 0.6 is 0 Å². The molecular formula is C24H29N5O2. The van der Waals surface area contributed by atoms with E-state index in [2.05, 4.69) is 37.1 Å². The maximum atomic E-state index is 6.50. The molecule has 1 saturated heterocycles. The lowest BCUT2D eigenvalue weighted by atomic mass is 9.77. The van der Waals surface area contributed by atoms with Crippen molar-refractivity contribution >= 4 is 0 Å². The Morgan fingerprint density at radius 3 is 2.81 bits per heavy atom. The molecule has 1 aliphatic heterocycles. The summed E-state index contributed by atoms with van der Waals surface area (Å²) in [5, 5.41) is 8.99. The summed E-state index contributed by atoms with van der Waals surface area (Å²) in [6.45, 7) is 4.13.